The summed E-state index contributed by atoms with van der Waals surface area (Å²) in [4.78, 5) is 16.0. The van der Waals surface area contributed by atoms with Gasteiger partial charge in [-0.15, -0.1) is 11.3 Å². The lowest BCUT2D eigenvalue weighted by Crippen LogP contribution is -2.45. The van der Waals surface area contributed by atoms with Crippen LogP contribution in [0.2, 0.25) is 0 Å². The number of thiophene rings is 1. The third-order valence-corrected chi connectivity index (χ3v) is 5.41. The van der Waals surface area contributed by atoms with E-state index in [9.17, 15) is 9.90 Å². The highest BCUT2D eigenvalue weighted by Crippen LogP contribution is 2.20. The van der Waals surface area contributed by atoms with E-state index in [4.69, 9.17) is 0 Å². The molecule has 1 amide bonds. The van der Waals surface area contributed by atoms with Gasteiger partial charge in [0.1, 0.15) is 0 Å². The highest BCUT2D eigenvalue weighted by Gasteiger charge is 2.28. The zero-order valence-electron chi connectivity index (χ0n) is 12.8. The van der Waals surface area contributed by atoms with Gasteiger partial charge in [-0.3, -0.25) is 9.69 Å². The summed E-state index contributed by atoms with van der Waals surface area (Å²) in [6, 6.07) is 4.07. The number of nitrogens with zero attached hydrogens (tertiary/aromatic N) is 1. The van der Waals surface area contributed by atoms with Crippen LogP contribution < -0.4 is 10.6 Å². The van der Waals surface area contributed by atoms with Gasteiger partial charge in [-0.05, 0) is 43.2 Å². The largest absolute Gasteiger partial charge is 0.392 e. The molecular formula is C16H25N3O2S. The van der Waals surface area contributed by atoms with E-state index in [1.807, 2.05) is 11.3 Å². The summed E-state index contributed by atoms with van der Waals surface area (Å²) in [5.74, 6) is 0.566. The lowest BCUT2D eigenvalue weighted by molar-refractivity contribution is -0.123. The first-order chi connectivity index (χ1) is 10.7. The van der Waals surface area contributed by atoms with Crippen molar-refractivity contribution in [1.82, 2.24) is 15.5 Å². The Kier molecular flexibility index (Phi) is 5.46. The van der Waals surface area contributed by atoms with E-state index >= 15 is 0 Å². The molecule has 3 N–H and O–H groups in total. The van der Waals surface area contributed by atoms with Crippen LogP contribution in [0.25, 0.3) is 0 Å². The number of carbonyl (C=O) groups is 1. The standard InChI is InChI=1S/C16H25N3O2S/c20-13-7-15(17-9-13)16(21)18-8-12-3-1-5-19(10-12)11-14-4-2-6-22-14/h2,4,6,12-13,15,17,20H,1,3,5,7-11H2,(H,18,21). The van der Waals surface area contributed by atoms with Gasteiger partial charge in [0.05, 0.1) is 12.1 Å². The molecule has 3 heterocycles. The molecular weight excluding hydrogens is 298 g/mol. The summed E-state index contributed by atoms with van der Waals surface area (Å²) in [5, 5.41) is 17.7. The van der Waals surface area contributed by atoms with Gasteiger partial charge in [0.25, 0.3) is 0 Å². The molecule has 3 rings (SSSR count). The van der Waals surface area contributed by atoms with Crippen molar-refractivity contribution in [1.29, 1.82) is 0 Å². The number of hydrogen-bond donors (Lipinski definition) is 3. The minimum atomic E-state index is -0.383. The molecule has 0 aliphatic carbocycles. The molecule has 2 fully saturated rings. The summed E-state index contributed by atoms with van der Waals surface area (Å²) in [6.45, 7) is 4.50. The molecule has 2 aliphatic heterocycles. The molecule has 1 aromatic heterocycles. The Morgan fingerprint density at radius 1 is 1.55 bits per heavy atom. The van der Waals surface area contributed by atoms with Crippen LogP contribution in [0, 0.1) is 5.92 Å². The topological polar surface area (TPSA) is 64.6 Å². The maximum absolute atomic E-state index is 12.1. The molecule has 122 valence electrons. The molecule has 0 spiro atoms. The normalized spacial score (nSPS) is 29.6. The molecule has 3 atom stereocenters. The molecule has 0 aromatic carbocycles. The van der Waals surface area contributed by atoms with Crippen LogP contribution in [0.15, 0.2) is 17.5 Å². The van der Waals surface area contributed by atoms with Gasteiger partial charge < -0.3 is 15.7 Å². The van der Waals surface area contributed by atoms with Gasteiger partial charge in [-0.1, -0.05) is 6.07 Å². The van der Waals surface area contributed by atoms with Crippen LogP contribution in [-0.2, 0) is 11.3 Å². The zero-order valence-corrected chi connectivity index (χ0v) is 13.6. The molecule has 2 saturated heterocycles. The van der Waals surface area contributed by atoms with E-state index in [0.29, 0.717) is 18.9 Å². The summed E-state index contributed by atoms with van der Waals surface area (Å²) in [6.07, 6.45) is 2.53. The Morgan fingerprint density at radius 2 is 2.45 bits per heavy atom. The number of nitrogens with one attached hydrogen (secondary N) is 2. The predicted molar refractivity (Wildman–Crippen MR) is 87.7 cm³/mol. The van der Waals surface area contributed by atoms with Crippen molar-refractivity contribution in [2.24, 2.45) is 5.92 Å². The Morgan fingerprint density at radius 3 is 3.18 bits per heavy atom. The van der Waals surface area contributed by atoms with Crippen LogP contribution in [-0.4, -0.2) is 54.2 Å². The van der Waals surface area contributed by atoms with Crippen molar-refractivity contribution in [3.8, 4) is 0 Å². The summed E-state index contributed by atoms with van der Waals surface area (Å²) >= 11 is 1.81. The quantitative estimate of drug-likeness (QED) is 0.750. The van der Waals surface area contributed by atoms with Gasteiger partial charge in [0.2, 0.25) is 5.91 Å². The van der Waals surface area contributed by atoms with E-state index in [2.05, 4.69) is 33.0 Å². The van der Waals surface area contributed by atoms with Crippen molar-refractivity contribution in [3.63, 3.8) is 0 Å². The smallest absolute Gasteiger partial charge is 0.237 e. The van der Waals surface area contributed by atoms with Crippen molar-refractivity contribution in [2.75, 3.05) is 26.2 Å². The second-order valence-electron chi connectivity index (χ2n) is 6.42. The highest BCUT2D eigenvalue weighted by molar-refractivity contribution is 7.09. The molecule has 0 radical (unpaired) electrons. The van der Waals surface area contributed by atoms with Crippen molar-refractivity contribution < 1.29 is 9.90 Å². The maximum Gasteiger partial charge on any atom is 0.237 e. The Bertz CT molecular complexity index is 480. The van der Waals surface area contributed by atoms with E-state index in [-0.39, 0.29) is 18.1 Å². The highest BCUT2D eigenvalue weighted by atomic mass is 32.1. The third kappa shape index (κ3) is 4.29. The predicted octanol–water partition coefficient (Wildman–Crippen LogP) is 0.799. The fraction of sp³-hybridized carbons (Fsp3) is 0.688. The number of hydrogen-bond acceptors (Lipinski definition) is 5. The van der Waals surface area contributed by atoms with Crippen LogP contribution in [0.5, 0.6) is 0 Å². The van der Waals surface area contributed by atoms with Gasteiger partial charge in [-0.2, -0.15) is 0 Å². The summed E-state index contributed by atoms with van der Waals surface area (Å²) < 4.78 is 0. The third-order valence-electron chi connectivity index (χ3n) is 4.55. The van der Waals surface area contributed by atoms with Crippen LogP contribution in [0.3, 0.4) is 0 Å². The number of aliphatic hydroxyl groups excluding tert-OH is 1. The summed E-state index contributed by atoms with van der Waals surface area (Å²) in [7, 11) is 0. The van der Waals surface area contributed by atoms with Gasteiger partial charge in [-0.25, -0.2) is 0 Å². The lowest BCUT2D eigenvalue weighted by Gasteiger charge is -2.32. The SMILES string of the molecule is O=C(NCC1CCCN(Cc2cccs2)C1)C1CC(O)CN1. The second-order valence-corrected chi connectivity index (χ2v) is 7.45. The maximum atomic E-state index is 12.1. The van der Waals surface area contributed by atoms with E-state index in [0.717, 1.165) is 26.2 Å². The number of carbonyl (C=O) groups excluding carboxylic acids is 1. The van der Waals surface area contributed by atoms with Crippen LogP contribution in [0.1, 0.15) is 24.1 Å². The number of rotatable bonds is 5. The van der Waals surface area contributed by atoms with Crippen molar-refractivity contribution >= 4 is 17.2 Å². The Balaban J connectivity index is 1.41. The van der Waals surface area contributed by atoms with E-state index < -0.39 is 0 Å². The van der Waals surface area contributed by atoms with Gasteiger partial charge >= 0.3 is 0 Å². The van der Waals surface area contributed by atoms with Gasteiger partial charge in [0.15, 0.2) is 0 Å². The number of piperidine rings is 1. The minimum Gasteiger partial charge on any atom is -0.392 e. The van der Waals surface area contributed by atoms with E-state index in [1.165, 1.54) is 17.7 Å². The minimum absolute atomic E-state index is 0.0342. The average Bonchev–Trinajstić information content (AvgIpc) is 3.17. The number of likely N-dealkylation sites (tertiary alicyclic amines) is 1. The lowest BCUT2D eigenvalue weighted by atomic mass is 9.97. The molecule has 0 saturated carbocycles. The van der Waals surface area contributed by atoms with Gasteiger partial charge in [0, 0.05) is 31.1 Å². The Labute approximate surface area is 135 Å². The van der Waals surface area contributed by atoms with Crippen LogP contribution >= 0.6 is 11.3 Å². The fourth-order valence-electron chi connectivity index (χ4n) is 3.37. The van der Waals surface area contributed by atoms with E-state index in [1.54, 1.807) is 0 Å². The number of β-amino-alcohol motifs (C(OH)–C–C–N with tert-alkyl or cyclic N) is 1. The van der Waals surface area contributed by atoms with Crippen LogP contribution in [0.4, 0.5) is 0 Å². The molecule has 2 aliphatic rings. The molecule has 6 heteroatoms. The first-order valence-electron chi connectivity index (χ1n) is 8.14. The number of amides is 1. The first-order valence-corrected chi connectivity index (χ1v) is 9.02. The zero-order chi connectivity index (χ0) is 15.4. The average molecular weight is 323 g/mol. The molecule has 5 nitrogen and oxygen atoms in total. The summed E-state index contributed by atoms with van der Waals surface area (Å²) in [5.41, 5.74) is 0. The van der Waals surface area contributed by atoms with Crippen molar-refractivity contribution in [3.05, 3.63) is 22.4 Å². The fourth-order valence-corrected chi connectivity index (χ4v) is 4.12. The second kappa shape index (κ2) is 7.55. The van der Waals surface area contributed by atoms with Crippen molar-refractivity contribution in [2.45, 2.75) is 38.0 Å². The Hall–Kier alpha value is -0.950. The molecule has 22 heavy (non-hydrogen) atoms. The molecule has 0 bridgehead atoms. The first kappa shape index (κ1) is 15.9. The monoisotopic (exact) mass is 323 g/mol. The molecule has 3 unspecified atom stereocenters. The molecule has 1 aromatic rings. The number of aliphatic hydroxyl groups is 1.